The molecule has 1 N–H and O–H groups in total. The number of benzene rings is 1. The zero-order valence-electron chi connectivity index (χ0n) is 18.5. The van der Waals surface area contributed by atoms with Crippen molar-refractivity contribution in [3.05, 3.63) is 23.8 Å². The van der Waals surface area contributed by atoms with Gasteiger partial charge in [0.1, 0.15) is 11.5 Å². The van der Waals surface area contributed by atoms with Crippen molar-refractivity contribution in [1.29, 1.82) is 0 Å². The second-order valence-corrected chi connectivity index (χ2v) is 8.73. The van der Waals surface area contributed by atoms with E-state index in [1.807, 2.05) is 0 Å². The van der Waals surface area contributed by atoms with Gasteiger partial charge >= 0.3 is 23.9 Å². The van der Waals surface area contributed by atoms with Gasteiger partial charge in [-0.25, -0.2) is 0 Å². The smallest absolute Gasteiger partial charge is 0.314 e. The molecule has 0 atom stereocenters. The molecule has 2 aliphatic carbocycles. The molecule has 0 aliphatic heterocycles. The van der Waals surface area contributed by atoms with Crippen LogP contribution in [-0.2, 0) is 23.9 Å². The van der Waals surface area contributed by atoms with Gasteiger partial charge in [-0.1, -0.05) is 0 Å². The summed E-state index contributed by atoms with van der Waals surface area (Å²) in [6, 6.07) is 4.85. The first kappa shape index (κ1) is 23.8. The Balaban J connectivity index is 1.51. The summed E-state index contributed by atoms with van der Waals surface area (Å²) in [6.45, 7) is 1.77. The molecule has 0 saturated heterocycles. The summed E-state index contributed by atoms with van der Waals surface area (Å²) in [5.74, 6) is -2.04. The zero-order valence-corrected chi connectivity index (χ0v) is 18.5. The summed E-state index contributed by atoms with van der Waals surface area (Å²) in [4.78, 5) is 47.7. The molecule has 0 spiro atoms. The van der Waals surface area contributed by atoms with Gasteiger partial charge in [0.05, 0.1) is 30.8 Å². The van der Waals surface area contributed by atoms with Crippen molar-refractivity contribution in [3.63, 3.8) is 0 Å². The average Bonchev–Trinajstić information content (AvgIpc) is 2.80. The fourth-order valence-electron chi connectivity index (χ4n) is 4.50. The van der Waals surface area contributed by atoms with Gasteiger partial charge in [-0.05, 0) is 82.1 Å². The van der Waals surface area contributed by atoms with E-state index in [9.17, 15) is 19.2 Å². The number of carboxylic acids is 1. The second kappa shape index (κ2) is 10.6. The van der Waals surface area contributed by atoms with Crippen LogP contribution < -0.4 is 9.47 Å². The van der Waals surface area contributed by atoms with E-state index < -0.39 is 5.97 Å². The van der Waals surface area contributed by atoms with Crippen molar-refractivity contribution in [3.8, 4) is 11.5 Å². The number of aliphatic carboxylic acids is 1. The number of methoxy groups -OCH3 is 1. The van der Waals surface area contributed by atoms with E-state index in [4.69, 9.17) is 19.3 Å². The molecule has 1 aromatic rings. The molecule has 8 heteroatoms. The summed E-state index contributed by atoms with van der Waals surface area (Å²) in [5, 5.41) is 9.08. The van der Waals surface area contributed by atoms with Gasteiger partial charge in [-0.2, -0.15) is 0 Å². The summed E-state index contributed by atoms with van der Waals surface area (Å²) in [6.07, 6.45) is 4.33. The van der Waals surface area contributed by atoms with E-state index in [0.29, 0.717) is 68.4 Å². The summed E-state index contributed by atoms with van der Waals surface area (Å²) < 4.78 is 15.8. The lowest BCUT2D eigenvalue weighted by molar-refractivity contribution is -0.149. The van der Waals surface area contributed by atoms with Gasteiger partial charge in [0, 0.05) is 0 Å². The Hall–Kier alpha value is -2.90. The predicted molar refractivity (Wildman–Crippen MR) is 113 cm³/mol. The van der Waals surface area contributed by atoms with E-state index in [1.165, 1.54) is 7.11 Å². The Morgan fingerprint density at radius 2 is 1.22 bits per heavy atom. The van der Waals surface area contributed by atoms with Crippen molar-refractivity contribution in [2.75, 3.05) is 7.11 Å². The van der Waals surface area contributed by atoms with Crippen molar-refractivity contribution < 1.29 is 38.5 Å². The third-order valence-electron chi connectivity index (χ3n) is 6.58. The molecule has 0 heterocycles. The lowest BCUT2D eigenvalue weighted by atomic mass is 9.82. The number of carbonyl (C=O) groups excluding carboxylic acids is 3. The quantitative estimate of drug-likeness (QED) is 0.520. The predicted octanol–water partition coefficient (Wildman–Crippen LogP) is 3.68. The Morgan fingerprint density at radius 3 is 1.69 bits per heavy atom. The van der Waals surface area contributed by atoms with E-state index in [2.05, 4.69) is 0 Å². The lowest BCUT2D eigenvalue weighted by Crippen LogP contribution is -2.29. The van der Waals surface area contributed by atoms with Crippen molar-refractivity contribution in [1.82, 2.24) is 0 Å². The van der Waals surface area contributed by atoms with Gasteiger partial charge in [-0.15, -0.1) is 0 Å². The minimum absolute atomic E-state index is 0.153. The number of ether oxygens (including phenoxy) is 3. The Labute approximate surface area is 187 Å². The first-order chi connectivity index (χ1) is 15.3. The summed E-state index contributed by atoms with van der Waals surface area (Å²) in [5.41, 5.74) is 0.664. The van der Waals surface area contributed by atoms with Crippen LogP contribution in [-0.4, -0.2) is 36.1 Å². The first-order valence-corrected chi connectivity index (χ1v) is 11.1. The highest BCUT2D eigenvalue weighted by Gasteiger charge is 2.32. The number of aryl methyl sites for hydroxylation is 1. The monoisotopic (exact) mass is 446 g/mol. The van der Waals surface area contributed by atoms with Crippen molar-refractivity contribution in [2.45, 2.75) is 58.3 Å². The highest BCUT2D eigenvalue weighted by molar-refractivity contribution is 5.78. The normalized spacial score (nSPS) is 25.4. The molecular weight excluding hydrogens is 416 g/mol. The van der Waals surface area contributed by atoms with Crippen LogP contribution >= 0.6 is 0 Å². The molecule has 1 aromatic carbocycles. The van der Waals surface area contributed by atoms with Crippen LogP contribution in [0.1, 0.15) is 56.9 Å². The number of rotatable bonds is 6. The van der Waals surface area contributed by atoms with Crippen LogP contribution in [0.3, 0.4) is 0 Å². The fourth-order valence-corrected chi connectivity index (χ4v) is 4.50. The largest absolute Gasteiger partial charge is 0.481 e. The minimum atomic E-state index is -0.811. The molecule has 2 fully saturated rings. The molecule has 2 aliphatic rings. The topological polar surface area (TPSA) is 116 Å². The minimum Gasteiger partial charge on any atom is -0.481 e. The maximum Gasteiger partial charge on any atom is 0.314 e. The molecule has 0 bridgehead atoms. The van der Waals surface area contributed by atoms with Gasteiger partial charge in [0.2, 0.25) is 0 Å². The van der Waals surface area contributed by atoms with E-state index in [1.54, 1.807) is 25.1 Å². The summed E-state index contributed by atoms with van der Waals surface area (Å²) >= 11 is 0. The van der Waals surface area contributed by atoms with Crippen molar-refractivity contribution >= 4 is 23.9 Å². The third-order valence-corrected chi connectivity index (χ3v) is 6.58. The second-order valence-electron chi connectivity index (χ2n) is 8.73. The first-order valence-electron chi connectivity index (χ1n) is 11.1. The standard InChI is InChI=1S/C24H30O8/c1-14-13-19(31-23(28)17-9-7-16(8-10-17)22(27)30-2)11-12-20(14)32-24(29)18-5-3-15(4-6-18)21(25)26/h11-13,15-18H,3-10H2,1-2H3,(H,25,26)/t15-,16-,17-,18-. The number of hydrogen-bond acceptors (Lipinski definition) is 7. The molecule has 0 unspecified atom stereocenters. The van der Waals surface area contributed by atoms with Crippen LogP contribution in [0, 0.1) is 30.6 Å². The van der Waals surface area contributed by atoms with E-state index >= 15 is 0 Å². The van der Waals surface area contributed by atoms with Crippen LogP contribution in [0.4, 0.5) is 0 Å². The molecule has 3 rings (SSSR count). The van der Waals surface area contributed by atoms with E-state index in [0.717, 1.165) is 0 Å². The molecule has 0 amide bonds. The summed E-state index contributed by atoms with van der Waals surface area (Å²) in [7, 11) is 1.37. The van der Waals surface area contributed by atoms with Crippen LogP contribution in [0.2, 0.25) is 0 Å². The van der Waals surface area contributed by atoms with Gasteiger partial charge in [-0.3, -0.25) is 19.2 Å². The molecule has 2 saturated carbocycles. The Kier molecular flexibility index (Phi) is 7.88. The maximum absolute atomic E-state index is 12.5. The van der Waals surface area contributed by atoms with E-state index in [-0.39, 0.29) is 41.6 Å². The number of carbonyl (C=O) groups is 4. The molecular formula is C24H30O8. The van der Waals surface area contributed by atoms with Crippen LogP contribution in [0.25, 0.3) is 0 Å². The Bertz CT molecular complexity index is 861. The zero-order chi connectivity index (χ0) is 23.3. The fraction of sp³-hybridized carbons (Fsp3) is 0.583. The number of carboxylic acid groups (broad SMARTS) is 1. The average molecular weight is 446 g/mol. The van der Waals surface area contributed by atoms with Crippen molar-refractivity contribution in [2.24, 2.45) is 23.7 Å². The molecule has 0 aromatic heterocycles. The SMILES string of the molecule is COC(=O)[C@H]1CC[C@H](C(=O)Oc2ccc(OC(=O)[C@H]3CC[C@H](C(=O)O)CC3)c(C)c2)CC1. The van der Waals surface area contributed by atoms with Gasteiger partial charge in [0.25, 0.3) is 0 Å². The molecule has 8 nitrogen and oxygen atoms in total. The number of esters is 3. The van der Waals surface area contributed by atoms with Crippen LogP contribution in [0.5, 0.6) is 11.5 Å². The third kappa shape index (κ3) is 5.87. The maximum atomic E-state index is 12.5. The molecule has 0 radical (unpaired) electrons. The molecule has 174 valence electrons. The lowest BCUT2D eigenvalue weighted by Gasteiger charge is -2.25. The Morgan fingerprint density at radius 1 is 0.750 bits per heavy atom. The number of hydrogen-bond donors (Lipinski definition) is 1. The van der Waals surface area contributed by atoms with Gasteiger partial charge < -0.3 is 19.3 Å². The highest BCUT2D eigenvalue weighted by Crippen LogP contribution is 2.33. The van der Waals surface area contributed by atoms with Crippen LogP contribution in [0.15, 0.2) is 18.2 Å². The highest BCUT2D eigenvalue weighted by atomic mass is 16.5. The van der Waals surface area contributed by atoms with Gasteiger partial charge in [0.15, 0.2) is 0 Å². The molecule has 32 heavy (non-hydrogen) atoms.